The number of hydrogen-bond acceptors (Lipinski definition) is 8. The molecule has 0 aliphatic carbocycles. The van der Waals surface area contributed by atoms with Gasteiger partial charge in [-0.1, -0.05) is 6.92 Å². The van der Waals surface area contributed by atoms with Crippen LogP contribution in [-0.4, -0.2) is 68.7 Å². The molecule has 10 heteroatoms. The van der Waals surface area contributed by atoms with Crippen LogP contribution < -0.4 is 10.3 Å². The molecule has 1 fully saturated rings. The Kier molecular flexibility index (Phi) is 5.59. The first-order valence-electron chi connectivity index (χ1n) is 12.9. The molecule has 0 spiro atoms. The van der Waals surface area contributed by atoms with Crippen molar-refractivity contribution in [1.29, 1.82) is 0 Å². The predicted octanol–water partition coefficient (Wildman–Crippen LogP) is 2.60. The van der Waals surface area contributed by atoms with Crippen LogP contribution in [0.25, 0.3) is 22.3 Å². The molecule has 1 aromatic carbocycles. The minimum absolute atomic E-state index is 0.0443. The van der Waals surface area contributed by atoms with E-state index in [4.69, 9.17) is 14.5 Å². The summed E-state index contributed by atoms with van der Waals surface area (Å²) in [5.41, 5.74) is 1.10. The molecule has 198 valence electrons. The molecule has 3 aliphatic heterocycles. The van der Waals surface area contributed by atoms with Crippen molar-refractivity contribution in [3.63, 3.8) is 0 Å². The molecule has 1 saturated heterocycles. The summed E-state index contributed by atoms with van der Waals surface area (Å²) in [5, 5.41) is 11.8. The van der Waals surface area contributed by atoms with Gasteiger partial charge in [-0.3, -0.25) is 9.69 Å². The Morgan fingerprint density at radius 3 is 2.74 bits per heavy atom. The molecule has 0 saturated carbocycles. The first-order chi connectivity index (χ1) is 18.1. The number of ether oxygens (including phenoxy) is 2. The number of likely N-dealkylation sites (N-methyl/N-ethyl adjacent to an activating group) is 1. The molecule has 3 atom stereocenters. The number of hydrogen-bond donors (Lipinski definition) is 1. The highest BCUT2D eigenvalue weighted by molar-refractivity contribution is 5.87. The van der Waals surface area contributed by atoms with Crippen LogP contribution in [0.5, 0.6) is 5.75 Å². The Hall–Kier alpha value is -3.76. The number of nitrogens with zero attached hydrogens (tertiary/aromatic N) is 4. The largest absolute Gasteiger partial charge is 0.458 e. The van der Waals surface area contributed by atoms with Gasteiger partial charge in [0, 0.05) is 41.7 Å². The van der Waals surface area contributed by atoms with E-state index >= 15 is 0 Å². The Balaban J connectivity index is 1.34. The lowest BCUT2D eigenvalue weighted by Gasteiger charge is -2.41. The van der Waals surface area contributed by atoms with E-state index in [1.807, 2.05) is 13.0 Å². The van der Waals surface area contributed by atoms with Gasteiger partial charge in [-0.15, -0.1) is 0 Å². The lowest BCUT2D eigenvalue weighted by Crippen LogP contribution is -2.57. The number of fused-ring (bicyclic) bond motifs is 5. The SMILES string of the molecule is CC[C@@]1(O)C(=O)OCc2c1cc1n(c2=O)Cc2cc3cc(OC(=O)N4C[C@H](C)N(C)C[C@H]4C)ccc3nc2-1. The minimum Gasteiger partial charge on any atom is -0.458 e. The van der Waals surface area contributed by atoms with Gasteiger partial charge in [-0.2, -0.15) is 0 Å². The summed E-state index contributed by atoms with van der Waals surface area (Å²) in [6.07, 6.45) is -0.289. The van der Waals surface area contributed by atoms with Crippen LogP contribution in [0, 0.1) is 0 Å². The Labute approximate surface area is 219 Å². The second-order valence-corrected chi connectivity index (χ2v) is 10.6. The third kappa shape index (κ3) is 3.62. The number of carbonyl (C=O) groups is 2. The Bertz CT molecular complexity index is 1570. The maximum Gasteiger partial charge on any atom is 0.415 e. The number of aromatic nitrogens is 2. The average molecular weight is 519 g/mol. The van der Waals surface area contributed by atoms with Gasteiger partial charge in [0.05, 0.1) is 29.0 Å². The maximum absolute atomic E-state index is 13.3. The van der Waals surface area contributed by atoms with Gasteiger partial charge in [-0.05, 0) is 57.6 Å². The zero-order valence-electron chi connectivity index (χ0n) is 21.9. The fourth-order valence-corrected chi connectivity index (χ4v) is 5.74. The van der Waals surface area contributed by atoms with Crippen LogP contribution in [-0.2, 0) is 28.3 Å². The summed E-state index contributed by atoms with van der Waals surface area (Å²) in [4.78, 5) is 47.4. The van der Waals surface area contributed by atoms with Gasteiger partial charge in [0.2, 0.25) is 0 Å². The number of pyridine rings is 2. The molecule has 10 nitrogen and oxygen atoms in total. The quantitative estimate of drug-likeness (QED) is 0.403. The number of benzene rings is 1. The van der Waals surface area contributed by atoms with Crippen LogP contribution >= 0.6 is 0 Å². The summed E-state index contributed by atoms with van der Waals surface area (Å²) >= 11 is 0. The summed E-state index contributed by atoms with van der Waals surface area (Å²) < 4.78 is 12.5. The first-order valence-corrected chi connectivity index (χ1v) is 12.9. The number of esters is 1. The summed E-state index contributed by atoms with van der Waals surface area (Å²) in [6, 6.07) is 9.20. The molecule has 0 bridgehead atoms. The fourth-order valence-electron chi connectivity index (χ4n) is 5.74. The summed E-state index contributed by atoms with van der Waals surface area (Å²) in [5.74, 6) is -0.320. The molecule has 3 aliphatic rings. The normalized spacial score (nSPS) is 24.6. The van der Waals surface area contributed by atoms with Gasteiger partial charge in [-0.25, -0.2) is 14.6 Å². The maximum atomic E-state index is 13.3. The lowest BCUT2D eigenvalue weighted by atomic mass is 9.86. The van der Waals surface area contributed by atoms with E-state index in [2.05, 4.69) is 18.9 Å². The number of rotatable bonds is 2. The topological polar surface area (TPSA) is 114 Å². The summed E-state index contributed by atoms with van der Waals surface area (Å²) in [6.45, 7) is 7.29. The van der Waals surface area contributed by atoms with Crippen molar-refractivity contribution in [3.05, 3.63) is 57.4 Å². The number of carbonyl (C=O) groups excluding carboxylic acids is 2. The van der Waals surface area contributed by atoms with Crippen molar-refractivity contribution in [1.82, 2.24) is 19.4 Å². The summed E-state index contributed by atoms with van der Waals surface area (Å²) in [7, 11) is 2.05. The number of aliphatic hydroxyl groups is 1. The monoisotopic (exact) mass is 518 g/mol. The Morgan fingerprint density at radius 1 is 1.18 bits per heavy atom. The molecule has 2 aromatic heterocycles. The van der Waals surface area contributed by atoms with E-state index in [9.17, 15) is 19.5 Å². The van der Waals surface area contributed by atoms with Crippen molar-refractivity contribution < 1.29 is 24.2 Å². The van der Waals surface area contributed by atoms with E-state index in [1.54, 1.807) is 40.7 Å². The van der Waals surface area contributed by atoms with Crippen LogP contribution in [0.1, 0.15) is 43.9 Å². The van der Waals surface area contributed by atoms with Crippen LogP contribution in [0.4, 0.5) is 4.79 Å². The van der Waals surface area contributed by atoms with E-state index in [0.29, 0.717) is 35.7 Å². The third-order valence-corrected chi connectivity index (χ3v) is 8.22. The van der Waals surface area contributed by atoms with Crippen molar-refractivity contribution in [2.45, 2.75) is 58.0 Å². The van der Waals surface area contributed by atoms with Gasteiger partial charge >= 0.3 is 12.1 Å². The Morgan fingerprint density at radius 2 is 1.97 bits per heavy atom. The molecular weight excluding hydrogens is 488 g/mol. The van der Waals surface area contributed by atoms with E-state index in [0.717, 1.165) is 17.5 Å². The van der Waals surface area contributed by atoms with E-state index in [-0.39, 0.29) is 47.9 Å². The van der Waals surface area contributed by atoms with Gasteiger partial charge in [0.15, 0.2) is 5.60 Å². The molecule has 1 amide bonds. The van der Waals surface area contributed by atoms with Crippen molar-refractivity contribution in [2.24, 2.45) is 0 Å². The molecule has 0 radical (unpaired) electrons. The van der Waals surface area contributed by atoms with Crippen LogP contribution in [0.3, 0.4) is 0 Å². The van der Waals surface area contributed by atoms with Gasteiger partial charge in [0.25, 0.3) is 5.56 Å². The third-order valence-electron chi connectivity index (χ3n) is 8.22. The lowest BCUT2D eigenvalue weighted by molar-refractivity contribution is -0.172. The number of piperazine rings is 1. The molecule has 3 aromatic rings. The molecule has 1 N–H and O–H groups in total. The number of cyclic esters (lactones) is 1. The fraction of sp³-hybridized carbons (Fsp3) is 0.429. The number of amides is 1. The smallest absolute Gasteiger partial charge is 0.415 e. The average Bonchev–Trinajstić information content (AvgIpc) is 3.25. The molecular formula is C28H30N4O6. The van der Waals surface area contributed by atoms with E-state index in [1.165, 1.54) is 0 Å². The molecule has 0 unspecified atom stereocenters. The zero-order valence-corrected chi connectivity index (χ0v) is 21.9. The van der Waals surface area contributed by atoms with Crippen molar-refractivity contribution in [3.8, 4) is 17.1 Å². The van der Waals surface area contributed by atoms with Crippen LogP contribution in [0.2, 0.25) is 0 Å². The highest BCUT2D eigenvalue weighted by Crippen LogP contribution is 2.39. The second-order valence-electron chi connectivity index (χ2n) is 10.6. The highest BCUT2D eigenvalue weighted by atomic mass is 16.6. The predicted molar refractivity (Wildman–Crippen MR) is 139 cm³/mol. The molecule has 5 heterocycles. The highest BCUT2D eigenvalue weighted by Gasteiger charge is 2.45. The zero-order chi connectivity index (χ0) is 26.9. The minimum atomic E-state index is -1.86. The van der Waals surface area contributed by atoms with Gasteiger partial charge in [0.1, 0.15) is 12.4 Å². The van der Waals surface area contributed by atoms with Crippen molar-refractivity contribution in [2.75, 3.05) is 20.1 Å². The van der Waals surface area contributed by atoms with Crippen molar-refractivity contribution >= 4 is 23.0 Å². The first kappa shape index (κ1) is 24.6. The van der Waals surface area contributed by atoms with Gasteiger partial charge < -0.3 is 24.0 Å². The molecule has 6 rings (SSSR count). The standard InChI is InChI=1S/C28H30N4O6/c1-5-28(36)21-10-23-24-18(13-32(23)25(33)20(21)14-37-26(28)34)8-17-9-19(6-7-22(17)29-24)38-27(35)31-12-15(2)30(4)11-16(31)3/h6-10,15-16,36H,5,11-14H2,1-4H3/t15-,16+,28-/m0/s1. The van der Waals surface area contributed by atoms with Crippen LogP contribution in [0.15, 0.2) is 35.1 Å². The van der Waals surface area contributed by atoms with E-state index < -0.39 is 11.6 Å². The molecule has 38 heavy (non-hydrogen) atoms. The second kappa shape index (κ2) is 8.64.